The van der Waals surface area contributed by atoms with Gasteiger partial charge in [0.15, 0.2) is 0 Å². The maximum Gasteiger partial charge on any atom is 0.264 e. The molecule has 1 saturated heterocycles. The highest BCUT2D eigenvalue weighted by atomic mass is 32.2. The second kappa shape index (κ2) is 8.04. The number of nitrogens with zero attached hydrogens (tertiary/aromatic N) is 4. The lowest BCUT2D eigenvalue weighted by molar-refractivity contribution is 0.570. The molecule has 29 heavy (non-hydrogen) atoms. The lowest BCUT2D eigenvalue weighted by Gasteiger charge is -2.36. The molecule has 0 bridgehead atoms. The fraction of sp³-hybridized carbons (Fsp3) is 0.200. The number of rotatable bonds is 5. The molecular weight excluding hydrogens is 393 g/mol. The molecule has 4 rings (SSSR count). The van der Waals surface area contributed by atoms with Crippen molar-refractivity contribution < 1.29 is 12.8 Å². The van der Waals surface area contributed by atoms with E-state index in [0.717, 1.165) is 32.2 Å². The van der Waals surface area contributed by atoms with E-state index in [1.807, 2.05) is 18.2 Å². The van der Waals surface area contributed by atoms with Gasteiger partial charge in [0.05, 0.1) is 18.1 Å². The lowest BCUT2D eigenvalue weighted by atomic mass is 10.2. The summed E-state index contributed by atoms with van der Waals surface area (Å²) >= 11 is 0. The van der Waals surface area contributed by atoms with E-state index in [1.54, 1.807) is 0 Å². The smallest absolute Gasteiger partial charge is 0.264 e. The first-order valence-electron chi connectivity index (χ1n) is 9.17. The monoisotopic (exact) mass is 413 g/mol. The quantitative estimate of drug-likeness (QED) is 0.693. The van der Waals surface area contributed by atoms with Crippen molar-refractivity contribution >= 4 is 27.3 Å². The van der Waals surface area contributed by atoms with E-state index < -0.39 is 20.7 Å². The normalized spacial score (nSPS) is 14.7. The van der Waals surface area contributed by atoms with Crippen molar-refractivity contribution in [3.63, 3.8) is 0 Å². The van der Waals surface area contributed by atoms with Crippen LogP contribution in [0.2, 0.25) is 0 Å². The summed E-state index contributed by atoms with van der Waals surface area (Å²) in [5.41, 5.74) is 1.37. The number of halogens is 1. The van der Waals surface area contributed by atoms with Gasteiger partial charge < -0.3 is 9.80 Å². The summed E-state index contributed by atoms with van der Waals surface area (Å²) < 4.78 is 40.8. The van der Waals surface area contributed by atoms with Crippen molar-refractivity contribution in [2.45, 2.75) is 4.90 Å². The summed E-state index contributed by atoms with van der Waals surface area (Å²) in [7, 11) is -4.04. The summed E-state index contributed by atoms with van der Waals surface area (Å²) in [6.07, 6.45) is 2.79. The van der Waals surface area contributed by atoms with Gasteiger partial charge in [0.1, 0.15) is 10.7 Å². The van der Waals surface area contributed by atoms with Crippen LogP contribution in [0, 0.1) is 5.82 Å². The average molecular weight is 413 g/mol. The van der Waals surface area contributed by atoms with Crippen molar-refractivity contribution in [2.75, 3.05) is 40.7 Å². The number of benzene rings is 2. The molecule has 7 nitrogen and oxygen atoms in total. The first kappa shape index (κ1) is 19.1. The van der Waals surface area contributed by atoms with Gasteiger partial charge in [-0.3, -0.25) is 4.72 Å². The minimum Gasteiger partial charge on any atom is -0.368 e. The summed E-state index contributed by atoms with van der Waals surface area (Å²) in [5.74, 6) is -0.277. The van der Waals surface area contributed by atoms with Gasteiger partial charge in [0.25, 0.3) is 10.0 Å². The van der Waals surface area contributed by atoms with Crippen LogP contribution >= 0.6 is 0 Å². The molecule has 0 atom stereocenters. The second-order valence-corrected chi connectivity index (χ2v) is 8.27. The van der Waals surface area contributed by atoms with E-state index in [2.05, 4.69) is 36.6 Å². The summed E-state index contributed by atoms with van der Waals surface area (Å²) in [6.45, 7) is 3.20. The van der Waals surface area contributed by atoms with Gasteiger partial charge in [0.2, 0.25) is 5.95 Å². The number of para-hydroxylation sites is 1. The van der Waals surface area contributed by atoms with Crippen molar-refractivity contribution in [1.82, 2.24) is 9.97 Å². The molecule has 0 aliphatic carbocycles. The SMILES string of the molecule is O=S(=O)(Nc1cnc(N2CCN(c3ccccc3)CC2)nc1)c1ccccc1F. The Morgan fingerprint density at radius 1 is 0.828 bits per heavy atom. The van der Waals surface area contributed by atoms with Gasteiger partial charge in [-0.1, -0.05) is 30.3 Å². The molecule has 0 radical (unpaired) electrons. The Labute approximate surface area is 168 Å². The summed E-state index contributed by atoms with van der Waals surface area (Å²) in [5, 5.41) is 0. The van der Waals surface area contributed by atoms with Gasteiger partial charge in [-0.25, -0.2) is 22.8 Å². The van der Waals surface area contributed by atoms with E-state index in [1.165, 1.54) is 36.3 Å². The predicted octanol–water partition coefficient (Wildman–Crippen LogP) is 2.74. The Kier molecular flexibility index (Phi) is 5.30. The van der Waals surface area contributed by atoms with Crippen LogP contribution < -0.4 is 14.5 Å². The van der Waals surface area contributed by atoms with E-state index in [-0.39, 0.29) is 5.69 Å². The van der Waals surface area contributed by atoms with Crippen LogP contribution in [-0.4, -0.2) is 44.6 Å². The van der Waals surface area contributed by atoms with Crippen LogP contribution in [0.1, 0.15) is 0 Å². The third-order valence-electron chi connectivity index (χ3n) is 4.70. The fourth-order valence-corrected chi connectivity index (χ4v) is 4.32. The first-order valence-corrected chi connectivity index (χ1v) is 10.7. The molecule has 9 heteroatoms. The summed E-state index contributed by atoms with van der Waals surface area (Å²) in [4.78, 5) is 12.5. The average Bonchev–Trinajstić information content (AvgIpc) is 2.75. The Bertz CT molecular complexity index is 1070. The maximum absolute atomic E-state index is 13.8. The maximum atomic E-state index is 13.8. The molecule has 2 aromatic carbocycles. The zero-order valence-electron chi connectivity index (χ0n) is 15.6. The minimum absolute atomic E-state index is 0.180. The van der Waals surface area contributed by atoms with Crippen LogP contribution in [0.15, 0.2) is 71.9 Å². The highest BCUT2D eigenvalue weighted by Crippen LogP contribution is 2.20. The number of hydrogen-bond donors (Lipinski definition) is 1. The largest absolute Gasteiger partial charge is 0.368 e. The molecule has 0 amide bonds. The minimum atomic E-state index is -4.04. The fourth-order valence-electron chi connectivity index (χ4n) is 3.21. The third kappa shape index (κ3) is 4.29. The van der Waals surface area contributed by atoms with E-state index in [4.69, 9.17) is 0 Å². The standard InChI is InChI=1S/C20H20FN5O2S/c21-18-8-4-5-9-19(18)29(27,28)24-16-14-22-20(23-15-16)26-12-10-25(11-13-26)17-6-2-1-3-7-17/h1-9,14-15,24H,10-13H2. The molecule has 150 valence electrons. The van der Waals surface area contributed by atoms with E-state index >= 15 is 0 Å². The van der Waals surface area contributed by atoms with E-state index in [9.17, 15) is 12.8 Å². The molecule has 1 fully saturated rings. The second-order valence-electron chi connectivity index (χ2n) is 6.62. The van der Waals surface area contributed by atoms with Gasteiger partial charge in [0, 0.05) is 31.9 Å². The predicted molar refractivity (Wildman–Crippen MR) is 110 cm³/mol. The van der Waals surface area contributed by atoms with Crippen molar-refractivity contribution in [2.24, 2.45) is 0 Å². The van der Waals surface area contributed by atoms with Gasteiger partial charge in [-0.05, 0) is 24.3 Å². The Morgan fingerprint density at radius 2 is 1.41 bits per heavy atom. The molecule has 0 saturated carbocycles. The lowest BCUT2D eigenvalue weighted by Crippen LogP contribution is -2.47. The molecule has 1 aliphatic rings. The number of anilines is 3. The Balaban J connectivity index is 1.40. The molecule has 0 spiro atoms. The Hall–Kier alpha value is -3.20. The zero-order valence-corrected chi connectivity index (χ0v) is 16.4. The topological polar surface area (TPSA) is 78.4 Å². The van der Waals surface area contributed by atoms with Crippen LogP contribution in [0.4, 0.5) is 21.7 Å². The van der Waals surface area contributed by atoms with Gasteiger partial charge in [-0.2, -0.15) is 0 Å². The van der Waals surface area contributed by atoms with Crippen LogP contribution in [0.5, 0.6) is 0 Å². The third-order valence-corrected chi connectivity index (χ3v) is 6.11. The number of hydrogen-bond acceptors (Lipinski definition) is 6. The van der Waals surface area contributed by atoms with Gasteiger partial charge >= 0.3 is 0 Å². The number of aromatic nitrogens is 2. The van der Waals surface area contributed by atoms with Crippen molar-refractivity contribution in [3.8, 4) is 0 Å². The molecular formula is C20H20FN5O2S. The van der Waals surface area contributed by atoms with Crippen molar-refractivity contribution in [3.05, 3.63) is 72.8 Å². The molecule has 2 heterocycles. The van der Waals surface area contributed by atoms with Crippen LogP contribution in [0.25, 0.3) is 0 Å². The highest BCUT2D eigenvalue weighted by molar-refractivity contribution is 7.92. The number of sulfonamides is 1. The number of nitrogens with one attached hydrogen (secondary N) is 1. The van der Waals surface area contributed by atoms with Crippen molar-refractivity contribution in [1.29, 1.82) is 0 Å². The van der Waals surface area contributed by atoms with Crippen LogP contribution in [-0.2, 0) is 10.0 Å². The Morgan fingerprint density at radius 3 is 2.07 bits per heavy atom. The first-order chi connectivity index (χ1) is 14.0. The molecule has 3 aromatic rings. The molecule has 1 aromatic heterocycles. The molecule has 0 unspecified atom stereocenters. The van der Waals surface area contributed by atoms with Gasteiger partial charge in [-0.15, -0.1) is 0 Å². The molecule has 1 N–H and O–H groups in total. The molecule has 1 aliphatic heterocycles. The zero-order chi connectivity index (χ0) is 20.3. The highest BCUT2D eigenvalue weighted by Gasteiger charge is 2.21. The summed E-state index contributed by atoms with van der Waals surface area (Å²) in [6, 6.07) is 15.4. The number of piperazine rings is 1. The van der Waals surface area contributed by atoms with Crippen LogP contribution in [0.3, 0.4) is 0 Å². The van der Waals surface area contributed by atoms with E-state index in [0.29, 0.717) is 5.95 Å².